The van der Waals surface area contributed by atoms with Crippen LogP contribution in [0.15, 0.2) is 36.5 Å². The normalized spacial score (nSPS) is 10.6. The van der Waals surface area contributed by atoms with Gasteiger partial charge in [0.25, 0.3) is 0 Å². The zero-order valence-electron chi connectivity index (χ0n) is 12.2. The number of nitrogens with one attached hydrogen (secondary N) is 1. The largest absolute Gasteiger partial charge is 0.357 e. The number of fused-ring (bicyclic) bond motifs is 1. The molecule has 21 heavy (non-hydrogen) atoms. The van der Waals surface area contributed by atoms with Crippen LogP contribution in [0.2, 0.25) is 0 Å². The second-order valence-electron chi connectivity index (χ2n) is 4.84. The van der Waals surface area contributed by atoms with E-state index in [0.29, 0.717) is 17.7 Å². The zero-order valence-corrected chi connectivity index (χ0v) is 12.2. The molecule has 0 saturated carbocycles. The second kappa shape index (κ2) is 5.32. The summed E-state index contributed by atoms with van der Waals surface area (Å²) in [6.45, 7) is 0. The highest BCUT2D eigenvalue weighted by Crippen LogP contribution is 2.22. The van der Waals surface area contributed by atoms with Gasteiger partial charge < -0.3 is 10.2 Å². The van der Waals surface area contributed by atoms with Crippen molar-refractivity contribution in [2.45, 2.75) is 0 Å². The fourth-order valence-corrected chi connectivity index (χ4v) is 2.02. The molecule has 1 aromatic carbocycles. The molecular weight excluding hydrogens is 264 g/mol. The predicted octanol–water partition coefficient (Wildman–Crippen LogP) is 2.19. The average Bonchev–Trinajstić information content (AvgIpc) is 2.53. The van der Waals surface area contributed by atoms with Crippen LogP contribution in [0.3, 0.4) is 0 Å². The molecule has 106 valence electrons. The van der Waals surface area contributed by atoms with E-state index >= 15 is 0 Å². The fourth-order valence-electron chi connectivity index (χ4n) is 2.02. The van der Waals surface area contributed by atoms with Crippen LogP contribution >= 0.6 is 0 Å². The van der Waals surface area contributed by atoms with Gasteiger partial charge in [0.05, 0.1) is 5.52 Å². The van der Waals surface area contributed by atoms with Gasteiger partial charge in [0.1, 0.15) is 0 Å². The zero-order chi connectivity index (χ0) is 14.8. The molecule has 0 unspecified atom stereocenters. The minimum Gasteiger partial charge on any atom is -0.357 e. The first-order valence-electron chi connectivity index (χ1n) is 6.63. The van der Waals surface area contributed by atoms with Crippen LogP contribution in [0.25, 0.3) is 22.3 Å². The summed E-state index contributed by atoms with van der Waals surface area (Å²) in [6.07, 6.45) is 1.79. The van der Waals surface area contributed by atoms with Crippen LogP contribution in [-0.4, -0.2) is 41.1 Å². The quantitative estimate of drug-likeness (QED) is 0.793. The highest BCUT2D eigenvalue weighted by molar-refractivity contribution is 5.83. The summed E-state index contributed by atoms with van der Waals surface area (Å²) in [5.74, 6) is 1.81. The maximum atomic E-state index is 4.50. The standard InChI is InChI=1S/C15H16N6/c1-16-14-18-13(19-15(20-14)21(2)3)11-6-7-12-10(9-11)5-4-8-17-12/h4-9H,1-3H3,(H,16,18,19,20). The van der Waals surface area contributed by atoms with Crippen molar-refractivity contribution in [3.8, 4) is 11.4 Å². The Morgan fingerprint density at radius 3 is 2.67 bits per heavy atom. The molecule has 3 rings (SSSR count). The fraction of sp³-hybridized carbons (Fsp3) is 0.200. The van der Waals surface area contributed by atoms with E-state index in [2.05, 4.69) is 25.3 Å². The topological polar surface area (TPSA) is 66.8 Å². The molecule has 0 aliphatic carbocycles. The molecule has 0 amide bonds. The van der Waals surface area contributed by atoms with Gasteiger partial charge >= 0.3 is 0 Å². The Hall–Kier alpha value is -2.76. The summed E-state index contributed by atoms with van der Waals surface area (Å²) in [5.41, 5.74) is 1.90. The van der Waals surface area contributed by atoms with E-state index in [0.717, 1.165) is 16.5 Å². The lowest BCUT2D eigenvalue weighted by atomic mass is 10.1. The number of hydrogen-bond donors (Lipinski definition) is 1. The van der Waals surface area contributed by atoms with Crippen molar-refractivity contribution in [2.75, 3.05) is 31.4 Å². The minimum atomic E-state index is 0.551. The van der Waals surface area contributed by atoms with Crippen molar-refractivity contribution in [3.63, 3.8) is 0 Å². The van der Waals surface area contributed by atoms with Gasteiger partial charge in [-0.3, -0.25) is 4.98 Å². The van der Waals surface area contributed by atoms with Crippen LogP contribution < -0.4 is 10.2 Å². The first-order valence-corrected chi connectivity index (χ1v) is 6.63. The number of aromatic nitrogens is 4. The van der Waals surface area contributed by atoms with E-state index in [4.69, 9.17) is 0 Å². The monoisotopic (exact) mass is 280 g/mol. The van der Waals surface area contributed by atoms with E-state index in [1.807, 2.05) is 49.3 Å². The second-order valence-corrected chi connectivity index (χ2v) is 4.84. The molecule has 0 radical (unpaired) electrons. The molecule has 0 saturated heterocycles. The number of rotatable bonds is 3. The maximum Gasteiger partial charge on any atom is 0.230 e. The van der Waals surface area contributed by atoms with Crippen molar-refractivity contribution in [2.24, 2.45) is 0 Å². The minimum absolute atomic E-state index is 0.551. The molecule has 0 atom stereocenters. The highest BCUT2D eigenvalue weighted by Gasteiger charge is 2.09. The summed E-state index contributed by atoms with van der Waals surface area (Å²) < 4.78 is 0. The molecule has 0 spiro atoms. The molecule has 1 N–H and O–H groups in total. The van der Waals surface area contributed by atoms with E-state index in [-0.39, 0.29) is 0 Å². The summed E-state index contributed by atoms with van der Waals surface area (Å²) >= 11 is 0. The molecule has 2 heterocycles. The Balaban J connectivity index is 2.14. The molecule has 0 fully saturated rings. The number of hydrogen-bond acceptors (Lipinski definition) is 6. The van der Waals surface area contributed by atoms with Gasteiger partial charge in [0.2, 0.25) is 11.9 Å². The van der Waals surface area contributed by atoms with Gasteiger partial charge in [-0.05, 0) is 24.3 Å². The molecular formula is C15H16N6. The summed E-state index contributed by atoms with van der Waals surface area (Å²) in [7, 11) is 5.61. The summed E-state index contributed by atoms with van der Waals surface area (Å²) in [4.78, 5) is 19.4. The predicted molar refractivity (Wildman–Crippen MR) is 84.4 cm³/mol. The smallest absolute Gasteiger partial charge is 0.230 e. The van der Waals surface area contributed by atoms with Gasteiger partial charge in [-0.15, -0.1) is 0 Å². The third-order valence-corrected chi connectivity index (χ3v) is 3.11. The number of nitrogens with zero attached hydrogens (tertiary/aromatic N) is 5. The van der Waals surface area contributed by atoms with E-state index in [1.165, 1.54) is 0 Å². The Morgan fingerprint density at radius 1 is 1.05 bits per heavy atom. The third kappa shape index (κ3) is 2.60. The molecule has 0 bridgehead atoms. The highest BCUT2D eigenvalue weighted by atomic mass is 15.3. The molecule has 6 heteroatoms. The Bertz CT molecular complexity index is 784. The number of anilines is 2. The molecule has 3 aromatic rings. The Labute approximate surface area is 122 Å². The van der Waals surface area contributed by atoms with E-state index < -0.39 is 0 Å². The van der Waals surface area contributed by atoms with Gasteiger partial charge in [0.15, 0.2) is 5.82 Å². The lowest BCUT2D eigenvalue weighted by Gasteiger charge is -2.12. The maximum absolute atomic E-state index is 4.50. The van der Waals surface area contributed by atoms with Crippen LogP contribution in [0.4, 0.5) is 11.9 Å². The van der Waals surface area contributed by atoms with Crippen molar-refractivity contribution in [3.05, 3.63) is 36.5 Å². The van der Waals surface area contributed by atoms with Crippen molar-refractivity contribution in [1.29, 1.82) is 0 Å². The van der Waals surface area contributed by atoms with Gasteiger partial charge in [-0.25, -0.2) is 0 Å². The molecule has 0 aliphatic heterocycles. The van der Waals surface area contributed by atoms with Crippen molar-refractivity contribution in [1.82, 2.24) is 19.9 Å². The van der Waals surface area contributed by atoms with Crippen molar-refractivity contribution < 1.29 is 0 Å². The van der Waals surface area contributed by atoms with Crippen molar-refractivity contribution >= 4 is 22.8 Å². The van der Waals surface area contributed by atoms with E-state index in [1.54, 1.807) is 13.2 Å². The summed E-state index contributed by atoms with van der Waals surface area (Å²) in [5, 5.41) is 4.03. The number of pyridine rings is 1. The summed E-state index contributed by atoms with van der Waals surface area (Å²) in [6, 6.07) is 9.94. The van der Waals surface area contributed by atoms with Gasteiger partial charge in [0, 0.05) is 38.3 Å². The first-order chi connectivity index (χ1) is 10.2. The lowest BCUT2D eigenvalue weighted by Crippen LogP contribution is -2.15. The number of benzene rings is 1. The molecule has 2 aromatic heterocycles. The lowest BCUT2D eigenvalue weighted by molar-refractivity contribution is 0.964. The SMILES string of the molecule is CNc1nc(-c2ccc3ncccc3c2)nc(N(C)C)n1. The van der Waals surface area contributed by atoms with Crippen LogP contribution in [0.1, 0.15) is 0 Å². The first kappa shape index (κ1) is 13.2. The van der Waals surface area contributed by atoms with Crippen LogP contribution in [-0.2, 0) is 0 Å². The molecule has 0 aliphatic rings. The van der Waals surface area contributed by atoms with Crippen LogP contribution in [0, 0.1) is 0 Å². The Morgan fingerprint density at radius 2 is 1.90 bits per heavy atom. The van der Waals surface area contributed by atoms with E-state index in [9.17, 15) is 0 Å². The third-order valence-electron chi connectivity index (χ3n) is 3.11. The Kier molecular flexibility index (Phi) is 3.35. The molecule has 6 nitrogen and oxygen atoms in total. The average molecular weight is 280 g/mol. The van der Waals surface area contributed by atoms with Gasteiger partial charge in [-0.2, -0.15) is 15.0 Å². The van der Waals surface area contributed by atoms with Gasteiger partial charge in [-0.1, -0.05) is 6.07 Å². The van der Waals surface area contributed by atoms with Crippen LogP contribution in [0.5, 0.6) is 0 Å².